The molecule has 2 aromatic carbocycles. The summed E-state index contributed by atoms with van der Waals surface area (Å²) in [5.41, 5.74) is 4.45. The Kier molecular flexibility index (Phi) is 6.75. The number of benzene rings is 2. The molecule has 1 aliphatic rings. The van der Waals surface area contributed by atoms with Gasteiger partial charge in [0.25, 0.3) is 0 Å². The van der Waals surface area contributed by atoms with Gasteiger partial charge in [0.2, 0.25) is 0 Å². The van der Waals surface area contributed by atoms with E-state index >= 15 is 0 Å². The minimum atomic E-state index is -0.0155. The number of aryl methyl sites for hydroxylation is 1. The molecular weight excluding hydrogens is 358 g/mol. The molecule has 29 heavy (non-hydrogen) atoms. The fraction of sp³-hybridized carbons (Fsp3) is 0.400. The lowest BCUT2D eigenvalue weighted by Gasteiger charge is -2.34. The van der Waals surface area contributed by atoms with E-state index in [1.807, 2.05) is 11.0 Å². The number of rotatable bonds is 4. The Labute approximate surface area is 175 Å². The van der Waals surface area contributed by atoms with Crippen molar-refractivity contribution in [1.82, 2.24) is 9.80 Å². The number of para-hydroxylation sites is 1. The first-order chi connectivity index (χ1) is 13.8. The maximum atomic E-state index is 12.9. The Bertz CT molecular complexity index is 844. The van der Waals surface area contributed by atoms with Crippen LogP contribution in [0.15, 0.2) is 54.6 Å². The van der Waals surface area contributed by atoms with E-state index in [1.165, 1.54) is 11.1 Å². The molecule has 1 N–H and O–H groups in total. The zero-order chi connectivity index (χ0) is 20.9. The van der Waals surface area contributed by atoms with Crippen molar-refractivity contribution in [3.63, 3.8) is 0 Å². The van der Waals surface area contributed by atoms with Crippen molar-refractivity contribution in [2.75, 3.05) is 38.0 Å². The highest BCUT2D eigenvalue weighted by molar-refractivity contribution is 5.91. The van der Waals surface area contributed by atoms with Gasteiger partial charge in [0.1, 0.15) is 0 Å². The first kappa shape index (κ1) is 21.1. The van der Waals surface area contributed by atoms with E-state index in [0.717, 1.165) is 44.0 Å². The van der Waals surface area contributed by atoms with Gasteiger partial charge in [0.05, 0.1) is 0 Å². The normalized spacial score (nSPS) is 15.7. The molecule has 2 aromatic rings. The molecule has 4 heteroatoms. The van der Waals surface area contributed by atoms with Crippen LogP contribution in [0.2, 0.25) is 0 Å². The fourth-order valence-electron chi connectivity index (χ4n) is 3.68. The number of carbonyl (C=O) groups is 1. The highest BCUT2D eigenvalue weighted by atomic mass is 16.2. The SMILES string of the molecule is Cc1cccc(C(C)(C)C)c1NC(=O)N1CCN(CC=Cc2ccccc2)CC1. The van der Waals surface area contributed by atoms with Crippen molar-refractivity contribution in [3.05, 3.63) is 71.3 Å². The molecule has 2 amide bonds. The third kappa shape index (κ3) is 5.70. The van der Waals surface area contributed by atoms with Crippen LogP contribution in [0.4, 0.5) is 10.5 Å². The lowest BCUT2D eigenvalue weighted by atomic mass is 9.84. The predicted octanol–water partition coefficient (Wildman–Crippen LogP) is 5.16. The van der Waals surface area contributed by atoms with Gasteiger partial charge >= 0.3 is 6.03 Å². The molecule has 1 aliphatic heterocycles. The highest BCUT2D eigenvalue weighted by Gasteiger charge is 2.24. The Morgan fingerprint density at radius 1 is 1.00 bits per heavy atom. The number of urea groups is 1. The van der Waals surface area contributed by atoms with Gasteiger partial charge in [-0.15, -0.1) is 0 Å². The summed E-state index contributed by atoms with van der Waals surface area (Å²) < 4.78 is 0. The molecular formula is C25H33N3O. The van der Waals surface area contributed by atoms with Crippen LogP contribution in [0, 0.1) is 6.92 Å². The van der Waals surface area contributed by atoms with E-state index in [2.05, 4.69) is 92.5 Å². The van der Waals surface area contributed by atoms with Crippen LogP contribution in [-0.2, 0) is 5.41 Å². The number of nitrogens with one attached hydrogen (secondary N) is 1. The van der Waals surface area contributed by atoms with E-state index in [4.69, 9.17) is 0 Å². The molecule has 0 aliphatic carbocycles. The van der Waals surface area contributed by atoms with Gasteiger partial charge in [-0.1, -0.05) is 81.5 Å². The van der Waals surface area contributed by atoms with E-state index in [0.29, 0.717) is 0 Å². The molecule has 0 spiro atoms. The van der Waals surface area contributed by atoms with Gasteiger partial charge in [-0.2, -0.15) is 0 Å². The largest absolute Gasteiger partial charge is 0.322 e. The number of hydrogen-bond donors (Lipinski definition) is 1. The topological polar surface area (TPSA) is 35.6 Å². The summed E-state index contributed by atoms with van der Waals surface area (Å²) in [6.07, 6.45) is 4.36. The first-order valence-electron chi connectivity index (χ1n) is 10.4. The second-order valence-corrected chi connectivity index (χ2v) is 8.78. The zero-order valence-electron chi connectivity index (χ0n) is 18.1. The number of hydrogen-bond acceptors (Lipinski definition) is 2. The predicted molar refractivity (Wildman–Crippen MR) is 122 cm³/mol. The van der Waals surface area contributed by atoms with Crippen LogP contribution >= 0.6 is 0 Å². The van der Waals surface area contributed by atoms with Crippen molar-refractivity contribution < 1.29 is 4.79 Å². The lowest BCUT2D eigenvalue weighted by molar-refractivity contribution is 0.156. The average Bonchev–Trinajstić information content (AvgIpc) is 2.70. The summed E-state index contributed by atoms with van der Waals surface area (Å²) in [6.45, 7) is 12.8. The maximum absolute atomic E-state index is 12.9. The van der Waals surface area contributed by atoms with Crippen molar-refractivity contribution in [2.24, 2.45) is 0 Å². The average molecular weight is 392 g/mol. The van der Waals surface area contributed by atoms with Crippen molar-refractivity contribution >= 4 is 17.8 Å². The van der Waals surface area contributed by atoms with E-state index in [9.17, 15) is 4.79 Å². The smallest absolute Gasteiger partial charge is 0.321 e. The second kappa shape index (κ2) is 9.27. The summed E-state index contributed by atoms with van der Waals surface area (Å²) in [7, 11) is 0. The van der Waals surface area contributed by atoms with E-state index < -0.39 is 0 Å². The Hall–Kier alpha value is -2.59. The van der Waals surface area contributed by atoms with Crippen molar-refractivity contribution in [1.29, 1.82) is 0 Å². The molecule has 0 radical (unpaired) electrons. The molecule has 1 fully saturated rings. The molecule has 3 rings (SSSR count). The van der Waals surface area contributed by atoms with Gasteiger partial charge in [-0.05, 0) is 29.0 Å². The number of anilines is 1. The van der Waals surface area contributed by atoms with Gasteiger partial charge < -0.3 is 10.2 Å². The molecule has 4 nitrogen and oxygen atoms in total. The van der Waals surface area contributed by atoms with E-state index in [1.54, 1.807) is 0 Å². The molecule has 0 unspecified atom stereocenters. The number of amides is 2. The second-order valence-electron chi connectivity index (χ2n) is 8.78. The minimum Gasteiger partial charge on any atom is -0.322 e. The molecule has 154 valence electrons. The summed E-state index contributed by atoms with van der Waals surface area (Å²) in [5.74, 6) is 0. The van der Waals surface area contributed by atoms with Gasteiger partial charge in [-0.3, -0.25) is 4.90 Å². The number of piperazine rings is 1. The molecule has 0 bridgehead atoms. The molecule has 1 saturated heterocycles. The maximum Gasteiger partial charge on any atom is 0.321 e. The number of carbonyl (C=O) groups excluding carboxylic acids is 1. The molecule has 0 atom stereocenters. The van der Waals surface area contributed by atoms with Crippen LogP contribution in [0.1, 0.15) is 37.5 Å². The fourth-order valence-corrected chi connectivity index (χ4v) is 3.68. The van der Waals surface area contributed by atoms with Crippen LogP contribution in [-0.4, -0.2) is 48.6 Å². The van der Waals surface area contributed by atoms with Crippen molar-refractivity contribution in [3.8, 4) is 0 Å². The monoisotopic (exact) mass is 391 g/mol. The van der Waals surface area contributed by atoms with Gasteiger partial charge in [-0.25, -0.2) is 4.79 Å². The highest BCUT2D eigenvalue weighted by Crippen LogP contribution is 2.32. The minimum absolute atomic E-state index is 0.00396. The van der Waals surface area contributed by atoms with E-state index in [-0.39, 0.29) is 11.4 Å². The number of nitrogens with zero attached hydrogens (tertiary/aromatic N) is 2. The quantitative estimate of drug-likeness (QED) is 0.782. The Morgan fingerprint density at radius 2 is 1.69 bits per heavy atom. The molecule has 0 saturated carbocycles. The van der Waals surface area contributed by atoms with Crippen molar-refractivity contribution in [2.45, 2.75) is 33.1 Å². The van der Waals surface area contributed by atoms with Gasteiger partial charge in [0.15, 0.2) is 0 Å². The zero-order valence-corrected chi connectivity index (χ0v) is 18.1. The standard InChI is InChI=1S/C25H33N3O/c1-20-10-8-14-22(25(2,3)4)23(20)26-24(29)28-18-16-27(17-19-28)15-9-13-21-11-6-5-7-12-21/h5-14H,15-19H2,1-4H3,(H,26,29). The van der Waals surface area contributed by atoms with Gasteiger partial charge in [0, 0.05) is 38.4 Å². The third-order valence-corrected chi connectivity index (χ3v) is 5.45. The Balaban J connectivity index is 1.54. The Morgan fingerprint density at radius 3 is 2.34 bits per heavy atom. The summed E-state index contributed by atoms with van der Waals surface area (Å²) >= 11 is 0. The molecule has 1 heterocycles. The summed E-state index contributed by atoms with van der Waals surface area (Å²) in [6, 6.07) is 16.6. The summed E-state index contributed by atoms with van der Waals surface area (Å²) in [5, 5.41) is 3.19. The van der Waals surface area contributed by atoms with Crippen LogP contribution in [0.25, 0.3) is 6.08 Å². The lowest BCUT2D eigenvalue weighted by Crippen LogP contribution is -2.50. The van der Waals surface area contributed by atoms with Crippen LogP contribution in [0.3, 0.4) is 0 Å². The van der Waals surface area contributed by atoms with Crippen LogP contribution in [0.5, 0.6) is 0 Å². The first-order valence-corrected chi connectivity index (χ1v) is 10.4. The van der Waals surface area contributed by atoms with Crippen LogP contribution < -0.4 is 5.32 Å². The summed E-state index contributed by atoms with van der Waals surface area (Å²) in [4.78, 5) is 17.2. The third-order valence-electron chi connectivity index (χ3n) is 5.45. The molecule has 0 aromatic heterocycles.